The first kappa shape index (κ1) is 14.7. The van der Waals surface area contributed by atoms with Crippen LogP contribution in [0.15, 0.2) is 36.5 Å². The van der Waals surface area contributed by atoms with E-state index in [9.17, 15) is 14.3 Å². The van der Waals surface area contributed by atoms with E-state index < -0.39 is 11.8 Å². The lowest BCUT2D eigenvalue weighted by Crippen LogP contribution is -1.98. The molecular formula is C16H13FN4O2. The first-order valence-electron chi connectivity index (χ1n) is 6.77. The second kappa shape index (κ2) is 5.53. The molecule has 0 spiro atoms. The fraction of sp³-hybridized carbons (Fsp3) is 0.0625. The number of aryl methyl sites for hydroxylation is 1. The summed E-state index contributed by atoms with van der Waals surface area (Å²) in [5, 5.41) is 9.39. The van der Waals surface area contributed by atoms with Gasteiger partial charge in [0.15, 0.2) is 0 Å². The smallest absolute Gasteiger partial charge is 0.337 e. The molecule has 7 heteroatoms. The van der Waals surface area contributed by atoms with Gasteiger partial charge in [0, 0.05) is 11.8 Å². The lowest BCUT2D eigenvalue weighted by atomic mass is 10.1. The van der Waals surface area contributed by atoms with Crippen molar-refractivity contribution in [3.63, 3.8) is 0 Å². The number of benzene rings is 1. The summed E-state index contributed by atoms with van der Waals surface area (Å²) in [4.78, 5) is 22.2. The molecule has 0 aliphatic rings. The molecule has 3 rings (SSSR count). The SMILES string of the molecule is Cc1ccc(-c2[nH]c(-c3ccnc(N)n3)cc2C(=O)O)c(F)c1. The molecule has 0 aliphatic heterocycles. The zero-order chi connectivity index (χ0) is 16.6. The van der Waals surface area contributed by atoms with E-state index in [0.29, 0.717) is 11.4 Å². The predicted molar refractivity (Wildman–Crippen MR) is 83.3 cm³/mol. The number of nitrogens with zero attached hydrogens (tertiary/aromatic N) is 2. The zero-order valence-corrected chi connectivity index (χ0v) is 12.2. The first-order chi connectivity index (χ1) is 11.0. The molecule has 0 radical (unpaired) electrons. The van der Waals surface area contributed by atoms with Gasteiger partial charge in [-0.25, -0.2) is 19.2 Å². The fourth-order valence-electron chi connectivity index (χ4n) is 2.32. The summed E-state index contributed by atoms with van der Waals surface area (Å²) < 4.78 is 14.2. The molecule has 0 atom stereocenters. The number of nitrogens with one attached hydrogen (secondary N) is 1. The van der Waals surface area contributed by atoms with Crippen molar-refractivity contribution in [2.24, 2.45) is 0 Å². The molecule has 0 amide bonds. The highest BCUT2D eigenvalue weighted by Gasteiger charge is 2.20. The third-order valence-corrected chi connectivity index (χ3v) is 3.39. The van der Waals surface area contributed by atoms with Gasteiger partial charge in [0.25, 0.3) is 0 Å². The number of halogens is 1. The van der Waals surface area contributed by atoms with Gasteiger partial charge < -0.3 is 15.8 Å². The van der Waals surface area contributed by atoms with Crippen LogP contribution in [0.3, 0.4) is 0 Å². The zero-order valence-electron chi connectivity index (χ0n) is 12.2. The average molecular weight is 312 g/mol. The molecule has 116 valence electrons. The summed E-state index contributed by atoms with van der Waals surface area (Å²) in [5.74, 6) is -1.59. The van der Waals surface area contributed by atoms with Crippen molar-refractivity contribution < 1.29 is 14.3 Å². The highest BCUT2D eigenvalue weighted by molar-refractivity contribution is 5.97. The lowest BCUT2D eigenvalue weighted by Gasteiger charge is -2.04. The van der Waals surface area contributed by atoms with Gasteiger partial charge in [-0.05, 0) is 36.8 Å². The van der Waals surface area contributed by atoms with Crippen molar-refractivity contribution in [2.45, 2.75) is 6.92 Å². The van der Waals surface area contributed by atoms with E-state index in [2.05, 4.69) is 15.0 Å². The highest BCUT2D eigenvalue weighted by atomic mass is 19.1. The van der Waals surface area contributed by atoms with E-state index in [0.717, 1.165) is 5.56 Å². The molecule has 6 nitrogen and oxygen atoms in total. The summed E-state index contributed by atoms with van der Waals surface area (Å²) in [5.41, 5.74) is 7.46. The normalized spacial score (nSPS) is 10.7. The van der Waals surface area contributed by atoms with Crippen LogP contribution < -0.4 is 5.73 Å². The van der Waals surface area contributed by atoms with Crippen LogP contribution >= 0.6 is 0 Å². The van der Waals surface area contributed by atoms with Crippen molar-refractivity contribution in [1.29, 1.82) is 0 Å². The van der Waals surface area contributed by atoms with Crippen LogP contribution in [-0.2, 0) is 0 Å². The number of rotatable bonds is 3. The molecule has 3 aromatic rings. The quantitative estimate of drug-likeness (QED) is 0.689. The highest BCUT2D eigenvalue weighted by Crippen LogP contribution is 2.30. The largest absolute Gasteiger partial charge is 0.478 e. The Balaban J connectivity index is 2.19. The van der Waals surface area contributed by atoms with E-state index in [4.69, 9.17) is 5.73 Å². The number of hydrogen-bond donors (Lipinski definition) is 3. The summed E-state index contributed by atoms with van der Waals surface area (Å²) in [6.07, 6.45) is 1.46. The number of nitrogens with two attached hydrogens (primary N) is 1. The van der Waals surface area contributed by atoms with Crippen molar-refractivity contribution in [3.05, 3.63) is 53.5 Å². The molecule has 1 aromatic carbocycles. The van der Waals surface area contributed by atoms with Gasteiger partial charge in [-0.2, -0.15) is 0 Å². The van der Waals surface area contributed by atoms with Crippen LogP contribution in [0.1, 0.15) is 15.9 Å². The van der Waals surface area contributed by atoms with Crippen LogP contribution in [0, 0.1) is 12.7 Å². The number of aromatic carboxylic acids is 1. The monoisotopic (exact) mass is 312 g/mol. The van der Waals surface area contributed by atoms with Crippen molar-refractivity contribution in [1.82, 2.24) is 15.0 Å². The summed E-state index contributed by atoms with van der Waals surface area (Å²) >= 11 is 0. The van der Waals surface area contributed by atoms with Crippen LogP contribution in [-0.4, -0.2) is 26.0 Å². The first-order valence-corrected chi connectivity index (χ1v) is 6.77. The molecule has 0 saturated carbocycles. The van der Waals surface area contributed by atoms with Crippen LogP contribution in [0.2, 0.25) is 0 Å². The van der Waals surface area contributed by atoms with E-state index in [1.807, 2.05) is 0 Å². The minimum absolute atomic E-state index is 0.0417. The number of nitrogen functional groups attached to an aromatic ring is 1. The topological polar surface area (TPSA) is 105 Å². The number of carbonyl (C=O) groups is 1. The van der Waals surface area contributed by atoms with E-state index in [-0.39, 0.29) is 22.8 Å². The maximum Gasteiger partial charge on any atom is 0.337 e. The van der Waals surface area contributed by atoms with Crippen molar-refractivity contribution in [2.75, 3.05) is 5.73 Å². The maximum atomic E-state index is 14.2. The number of aromatic nitrogens is 3. The molecule has 0 saturated heterocycles. The molecular weight excluding hydrogens is 299 g/mol. The van der Waals surface area contributed by atoms with Crippen molar-refractivity contribution in [3.8, 4) is 22.6 Å². The minimum atomic E-state index is -1.16. The number of aromatic amines is 1. The predicted octanol–water partition coefficient (Wildman–Crippen LogP) is 2.87. The molecule has 2 aromatic heterocycles. The van der Waals surface area contributed by atoms with Gasteiger partial charge in [0.2, 0.25) is 5.95 Å². The Morgan fingerprint density at radius 1 is 1.30 bits per heavy atom. The second-order valence-electron chi connectivity index (χ2n) is 5.06. The van der Waals surface area contributed by atoms with E-state index >= 15 is 0 Å². The Labute approximate surface area is 130 Å². The Hall–Kier alpha value is -3.22. The summed E-state index contributed by atoms with van der Waals surface area (Å²) in [7, 11) is 0. The Bertz CT molecular complexity index is 905. The van der Waals surface area contributed by atoms with Crippen LogP contribution in [0.25, 0.3) is 22.6 Å². The van der Waals surface area contributed by atoms with Gasteiger partial charge in [-0.1, -0.05) is 6.07 Å². The summed E-state index contributed by atoms with van der Waals surface area (Å²) in [6.45, 7) is 1.76. The molecule has 0 unspecified atom stereocenters. The average Bonchev–Trinajstić information content (AvgIpc) is 2.92. The van der Waals surface area contributed by atoms with Gasteiger partial charge in [0.1, 0.15) is 5.82 Å². The molecule has 0 bridgehead atoms. The third-order valence-electron chi connectivity index (χ3n) is 3.39. The number of carboxylic acids is 1. The fourth-order valence-corrected chi connectivity index (χ4v) is 2.32. The maximum absolute atomic E-state index is 14.2. The van der Waals surface area contributed by atoms with Gasteiger partial charge in [-0.15, -0.1) is 0 Å². The van der Waals surface area contributed by atoms with E-state index in [1.54, 1.807) is 25.1 Å². The number of hydrogen-bond acceptors (Lipinski definition) is 4. The molecule has 23 heavy (non-hydrogen) atoms. The second-order valence-corrected chi connectivity index (χ2v) is 5.06. The Morgan fingerprint density at radius 2 is 2.09 bits per heavy atom. The van der Waals surface area contributed by atoms with E-state index in [1.165, 1.54) is 18.3 Å². The number of carboxylic acid groups (broad SMARTS) is 1. The molecule has 0 aliphatic carbocycles. The summed E-state index contributed by atoms with van der Waals surface area (Å²) in [6, 6.07) is 7.60. The van der Waals surface area contributed by atoms with Crippen LogP contribution in [0.4, 0.5) is 10.3 Å². The van der Waals surface area contributed by atoms with Gasteiger partial charge >= 0.3 is 5.97 Å². The standard InChI is InChI=1S/C16H13FN4O2/c1-8-2-3-9(11(17)6-8)14-10(15(22)23)7-13(20-14)12-4-5-19-16(18)21-12/h2-7,20H,1H3,(H,22,23)(H2,18,19,21). The molecule has 2 heterocycles. The Kier molecular flexibility index (Phi) is 3.53. The van der Waals surface area contributed by atoms with Gasteiger partial charge in [-0.3, -0.25) is 0 Å². The number of H-pyrrole nitrogens is 1. The third kappa shape index (κ3) is 2.76. The van der Waals surface area contributed by atoms with Crippen molar-refractivity contribution >= 4 is 11.9 Å². The Morgan fingerprint density at radius 3 is 2.74 bits per heavy atom. The lowest BCUT2D eigenvalue weighted by molar-refractivity contribution is 0.0698. The molecule has 0 fully saturated rings. The number of anilines is 1. The minimum Gasteiger partial charge on any atom is -0.478 e. The van der Waals surface area contributed by atoms with Crippen LogP contribution in [0.5, 0.6) is 0 Å². The molecule has 4 N–H and O–H groups in total. The van der Waals surface area contributed by atoms with Gasteiger partial charge in [0.05, 0.1) is 22.6 Å².